The monoisotopic (exact) mass is 363 g/mol. The topological polar surface area (TPSA) is 72.4 Å². The van der Waals surface area contributed by atoms with Crippen molar-refractivity contribution < 1.29 is 14.3 Å². The van der Waals surface area contributed by atoms with Crippen LogP contribution in [-0.2, 0) is 16.1 Å². The molecule has 0 unspecified atom stereocenters. The quantitative estimate of drug-likeness (QED) is 0.603. The van der Waals surface area contributed by atoms with E-state index in [1.165, 1.54) is 0 Å². The van der Waals surface area contributed by atoms with E-state index in [4.69, 9.17) is 4.74 Å². The molecule has 0 N–H and O–H groups in total. The van der Waals surface area contributed by atoms with Crippen molar-refractivity contribution in [2.24, 2.45) is 0 Å². The predicted octanol–water partition coefficient (Wildman–Crippen LogP) is 3.23. The highest BCUT2D eigenvalue weighted by atomic mass is 16.5. The van der Waals surface area contributed by atoms with Gasteiger partial charge in [0.2, 0.25) is 0 Å². The molecule has 3 aromatic rings. The van der Waals surface area contributed by atoms with Crippen molar-refractivity contribution >= 4 is 22.6 Å². The molecule has 1 aromatic carbocycles. The number of hydrogen-bond donors (Lipinski definition) is 0. The van der Waals surface area contributed by atoms with Gasteiger partial charge in [-0.25, -0.2) is 0 Å². The lowest BCUT2D eigenvalue weighted by atomic mass is 10.1. The minimum Gasteiger partial charge on any atom is -0.466 e. The van der Waals surface area contributed by atoms with Gasteiger partial charge < -0.3 is 9.64 Å². The van der Waals surface area contributed by atoms with E-state index in [9.17, 15) is 9.59 Å². The zero-order valence-corrected chi connectivity index (χ0v) is 15.2. The van der Waals surface area contributed by atoms with Crippen LogP contribution >= 0.6 is 0 Å². The van der Waals surface area contributed by atoms with Crippen molar-refractivity contribution in [1.29, 1.82) is 0 Å². The van der Waals surface area contributed by atoms with Crippen molar-refractivity contribution in [1.82, 2.24) is 14.9 Å². The number of nitrogens with zero attached hydrogens (tertiary/aromatic N) is 3. The number of carbonyl (C=O) groups excluding carboxylic acids is 2. The number of benzene rings is 1. The third-order valence-electron chi connectivity index (χ3n) is 4.15. The van der Waals surface area contributed by atoms with Gasteiger partial charge in [0.1, 0.15) is 5.69 Å². The largest absolute Gasteiger partial charge is 0.466 e. The molecule has 27 heavy (non-hydrogen) atoms. The maximum Gasteiger partial charge on any atom is 0.307 e. The molecule has 0 bridgehead atoms. The van der Waals surface area contributed by atoms with Gasteiger partial charge in [0, 0.05) is 37.1 Å². The SMILES string of the molecule is CCOC(=O)CCN(Cc1cccnc1)C(=O)c1nccc2ccccc12. The van der Waals surface area contributed by atoms with Gasteiger partial charge in [-0.2, -0.15) is 0 Å². The normalized spacial score (nSPS) is 10.6. The minimum atomic E-state index is -0.327. The second-order valence-corrected chi connectivity index (χ2v) is 6.02. The Morgan fingerprint density at radius 2 is 1.93 bits per heavy atom. The number of rotatable bonds is 7. The highest BCUT2D eigenvalue weighted by molar-refractivity contribution is 6.05. The average molecular weight is 363 g/mol. The van der Waals surface area contributed by atoms with E-state index < -0.39 is 0 Å². The van der Waals surface area contributed by atoms with Gasteiger partial charge in [0.15, 0.2) is 0 Å². The number of hydrogen-bond acceptors (Lipinski definition) is 5. The summed E-state index contributed by atoms with van der Waals surface area (Å²) in [7, 11) is 0. The Hall–Kier alpha value is -3.28. The number of carbonyl (C=O) groups is 2. The van der Waals surface area contributed by atoms with Crippen LogP contribution < -0.4 is 0 Å². The van der Waals surface area contributed by atoms with Crippen LogP contribution in [0.5, 0.6) is 0 Å². The lowest BCUT2D eigenvalue weighted by molar-refractivity contribution is -0.143. The van der Waals surface area contributed by atoms with Crippen LogP contribution in [0.3, 0.4) is 0 Å². The minimum absolute atomic E-state index is 0.130. The Morgan fingerprint density at radius 3 is 2.70 bits per heavy atom. The summed E-state index contributed by atoms with van der Waals surface area (Å²) in [5, 5.41) is 1.74. The molecule has 6 nitrogen and oxygen atoms in total. The van der Waals surface area contributed by atoms with Crippen LogP contribution in [0.2, 0.25) is 0 Å². The van der Waals surface area contributed by atoms with Gasteiger partial charge in [0.05, 0.1) is 13.0 Å². The fourth-order valence-corrected chi connectivity index (χ4v) is 2.86. The summed E-state index contributed by atoms with van der Waals surface area (Å²) in [6.07, 6.45) is 5.15. The average Bonchev–Trinajstić information content (AvgIpc) is 2.71. The van der Waals surface area contributed by atoms with Crippen molar-refractivity contribution in [2.75, 3.05) is 13.2 Å². The molecule has 6 heteroatoms. The number of amides is 1. The molecule has 0 radical (unpaired) electrons. The molecule has 138 valence electrons. The molecule has 2 aromatic heterocycles. The highest BCUT2D eigenvalue weighted by Crippen LogP contribution is 2.19. The summed E-state index contributed by atoms with van der Waals surface area (Å²) in [5.74, 6) is -0.549. The zero-order chi connectivity index (χ0) is 19.1. The highest BCUT2D eigenvalue weighted by Gasteiger charge is 2.21. The van der Waals surface area contributed by atoms with E-state index in [0.717, 1.165) is 16.3 Å². The smallest absolute Gasteiger partial charge is 0.307 e. The van der Waals surface area contributed by atoms with Gasteiger partial charge >= 0.3 is 5.97 Å². The summed E-state index contributed by atoms with van der Waals surface area (Å²) < 4.78 is 4.99. The Balaban J connectivity index is 1.88. The van der Waals surface area contributed by atoms with Crippen LogP contribution in [0, 0.1) is 0 Å². The predicted molar refractivity (Wildman–Crippen MR) is 102 cm³/mol. The standard InChI is InChI=1S/C21H21N3O3/c1-2-27-19(25)10-13-24(15-16-6-5-11-22-14-16)21(26)20-18-8-4-3-7-17(18)9-12-23-20/h3-9,11-12,14H,2,10,13,15H2,1H3. The number of esters is 1. The van der Waals surface area contributed by atoms with E-state index in [1.54, 1.807) is 30.4 Å². The number of fused-ring (bicyclic) bond motifs is 1. The fraction of sp³-hybridized carbons (Fsp3) is 0.238. The third kappa shape index (κ3) is 4.67. The Morgan fingerprint density at radius 1 is 1.07 bits per heavy atom. The third-order valence-corrected chi connectivity index (χ3v) is 4.15. The lowest BCUT2D eigenvalue weighted by Crippen LogP contribution is -2.33. The van der Waals surface area contributed by atoms with E-state index in [2.05, 4.69) is 9.97 Å². The second kappa shape index (κ2) is 8.89. The molecule has 2 heterocycles. The molecule has 0 aliphatic rings. The van der Waals surface area contributed by atoms with E-state index in [0.29, 0.717) is 18.8 Å². The summed E-state index contributed by atoms with van der Waals surface area (Å²) in [5.41, 5.74) is 1.26. The molecule has 0 fully saturated rings. The number of aromatic nitrogens is 2. The number of ether oxygens (including phenoxy) is 1. The molecular formula is C21H21N3O3. The first-order chi connectivity index (χ1) is 13.2. The van der Waals surface area contributed by atoms with Gasteiger partial charge in [-0.3, -0.25) is 19.6 Å². The Bertz CT molecular complexity index is 923. The van der Waals surface area contributed by atoms with Crippen LogP contribution in [-0.4, -0.2) is 39.9 Å². The summed E-state index contributed by atoms with van der Waals surface area (Å²) in [6, 6.07) is 13.2. The zero-order valence-electron chi connectivity index (χ0n) is 15.2. The maximum atomic E-state index is 13.2. The summed E-state index contributed by atoms with van der Waals surface area (Å²) in [4.78, 5) is 35.0. The molecular weight excluding hydrogens is 342 g/mol. The van der Waals surface area contributed by atoms with Gasteiger partial charge in [-0.05, 0) is 30.0 Å². The van der Waals surface area contributed by atoms with Crippen LogP contribution in [0.4, 0.5) is 0 Å². The second-order valence-electron chi connectivity index (χ2n) is 6.02. The van der Waals surface area contributed by atoms with Crippen LogP contribution in [0.25, 0.3) is 10.8 Å². The number of pyridine rings is 2. The Kier molecular flexibility index (Phi) is 6.10. The molecule has 0 aliphatic heterocycles. The van der Waals surface area contributed by atoms with E-state index in [1.807, 2.05) is 42.5 Å². The van der Waals surface area contributed by atoms with Crippen molar-refractivity contribution in [2.45, 2.75) is 19.9 Å². The molecule has 0 saturated heterocycles. The molecule has 3 rings (SSSR count). The first-order valence-corrected chi connectivity index (χ1v) is 8.86. The van der Waals surface area contributed by atoms with Gasteiger partial charge in [-0.15, -0.1) is 0 Å². The first kappa shape index (κ1) is 18.5. The van der Waals surface area contributed by atoms with Crippen molar-refractivity contribution in [3.63, 3.8) is 0 Å². The molecule has 0 atom stereocenters. The van der Waals surface area contributed by atoms with Crippen LogP contribution in [0.15, 0.2) is 61.1 Å². The lowest BCUT2D eigenvalue weighted by Gasteiger charge is -2.22. The fourth-order valence-electron chi connectivity index (χ4n) is 2.86. The Labute approximate surface area is 157 Å². The molecule has 0 spiro atoms. The molecule has 1 amide bonds. The van der Waals surface area contributed by atoms with Gasteiger partial charge in [0.25, 0.3) is 5.91 Å². The van der Waals surface area contributed by atoms with Crippen molar-refractivity contribution in [3.05, 3.63) is 72.3 Å². The summed E-state index contributed by atoms with van der Waals surface area (Å²) >= 11 is 0. The maximum absolute atomic E-state index is 13.2. The summed E-state index contributed by atoms with van der Waals surface area (Å²) in [6.45, 7) is 2.67. The molecule has 0 saturated carbocycles. The first-order valence-electron chi connectivity index (χ1n) is 8.86. The van der Waals surface area contributed by atoms with E-state index >= 15 is 0 Å². The molecule has 0 aliphatic carbocycles. The van der Waals surface area contributed by atoms with Crippen LogP contribution in [0.1, 0.15) is 29.4 Å². The van der Waals surface area contributed by atoms with E-state index in [-0.39, 0.29) is 24.8 Å². The van der Waals surface area contributed by atoms with Gasteiger partial charge in [-0.1, -0.05) is 30.3 Å². The van der Waals surface area contributed by atoms with Crippen molar-refractivity contribution in [3.8, 4) is 0 Å².